The Morgan fingerprint density at radius 1 is 1.57 bits per heavy atom. The lowest BCUT2D eigenvalue weighted by atomic mass is 10.1. The van der Waals surface area contributed by atoms with Gasteiger partial charge in [0.1, 0.15) is 0 Å². The first-order chi connectivity index (χ1) is 6.63. The lowest BCUT2D eigenvalue weighted by Gasteiger charge is -2.03. The molecule has 0 aliphatic heterocycles. The summed E-state index contributed by atoms with van der Waals surface area (Å²) < 4.78 is 1.19. The molecule has 1 N–H and O–H groups in total. The third-order valence-corrected chi connectivity index (χ3v) is 3.90. The predicted molar refractivity (Wildman–Crippen MR) is 66.9 cm³/mol. The monoisotopic (exact) mass is 322 g/mol. The Kier molecular flexibility index (Phi) is 4.74. The molecule has 1 aromatic rings. The maximum absolute atomic E-state index is 10.4. The van der Waals surface area contributed by atoms with Gasteiger partial charge in [-0.3, -0.25) is 4.79 Å². The van der Waals surface area contributed by atoms with E-state index in [1.165, 1.54) is 8.47 Å². The lowest BCUT2D eigenvalue weighted by Crippen LogP contribution is -1.97. The molecule has 14 heavy (non-hydrogen) atoms. The SMILES string of the molecule is CSc1ccc(CCC(=O)O)cc1I. The van der Waals surface area contributed by atoms with Gasteiger partial charge in [-0.05, 0) is 53.0 Å². The van der Waals surface area contributed by atoms with Crippen LogP contribution in [0.3, 0.4) is 0 Å². The van der Waals surface area contributed by atoms with Crippen molar-refractivity contribution in [1.29, 1.82) is 0 Å². The van der Waals surface area contributed by atoms with Gasteiger partial charge in [0, 0.05) is 14.9 Å². The molecule has 0 unspecified atom stereocenters. The van der Waals surface area contributed by atoms with Gasteiger partial charge >= 0.3 is 5.97 Å². The van der Waals surface area contributed by atoms with E-state index in [1.54, 1.807) is 11.8 Å². The molecule has 2 nitrogen and oxygen atoms in total. The van der Waals surface area contributed by atoms with Gasteiger partial charge in [-0.15, -0.1) is 11.8 Å². The summed E-state index contributed by atoms with van der Waals surface area (Å²) in [5.41, 5.74) is 1.09. The number of hydrogen-bond acceptors (Lipinski definition) is 2. The average molecular weight is 322 g/mol. The van der Waals surface area contributed by atoms with Crippen molar-refractivity contribution in [3.63, 3.8) is 0 Å². The Balaban J connectivity index is 2.71. The molecule has 4 heteroatoms. The topological polar surface area (TPSA) is 37.3 Å². The summed E-state index contributed by atoms with van der Waals surface area (Å²) in [6.07, 6.45) is 2.85. The Hall–Kier alpha value is -0.230. The molecule has 0 radical (unpaired) electrons. The quantitative estimate of drug-likeness (QED) is 0.684. The first-order valence-corrected chi connectivity index (χ1v) is 6.48. The van der Waals surface area contributed by atoms with Crippen molar-refractivity contribution in [2.24, 2.45) is 0 Å². The second-order valence-electron chi connectivity index (χ2n) is 2.86. The number of carboxylic acids is 1. The van der Waals surface area contributed by atoms with Crippen molar-refractivity contribution < 1.29 is 9.90 Å². The van der Waals surface area contributed by atoms with Crippen molar-refractivity contribution in [1.82, 2.24) is 0 Å². The van der Waals surface area contributed by atoms with Gasteiger partial charge < -0.3 is 5.11 Å². The highest BCUT2D eigenvalue weighted by molar-refractivity contribution is 14.1. The highest BCUT2D eigenvalue weighted by Gasteiger charge is 2.02. The minimum absolute atomic E-state index is 0.203. The van der Waals surface area contributed by atoms with Crippen molar-refractivity contribution in [3.8, 4) is 0 Å². The van der Waals surface area contributed by atoms with Crippen LogP contribution < -0.4 is 0 Å². The number of halogens is 1. The van der Waals surface area contributed by atoms with Gasteiger partial charge in [0.25, 0.3) is 0 Å². The Bertz CT molecular complexity index is 339. The van der Waals surface area contributed by atoms with E-state index in [0.717, 1.165) is 5.56 Å². The van der Waals surface area contributed by atoms with Gasteiger partial charge in [-0.2, -0.15) is 0 Å². The normalized spacial score (nSPS) is 10.1. The zero-order chi connectivity index (χ0) is 10.6. The van der Waals surface area contributed by atoms with Crippen LogP contribution in [0.4, 0.5) is 0 Å². The molecule has 0 aromatic heterocycles. The van der Waals surface area contributed by atoms with Crippen LogP contribution in [0.1, 0.15) is 12.0 Å². The third kappa shape index (κ3) is 3.49. The molecule has 0 fully saturated rings. The van der Waals surface area contributed by atoms with Gasteiger partial charge in [-0.1, -0.05) is 6.07 Å². The molecule has 1 aromatic carbocycles. The summed E-state index contributed by atoms with van der Waals surface area (Å²) in [5.74, 6) is -0.742. The van der Waals surface area contributed by atoms with Gasteiger partial charge in [0.2, 0.25) is 0 Å². The smallest absolute Gasteiger partial charge is 0.303 e. The van der Waals surface area contributed by atoms with E-state index in [4.69, 9.17) is 5.11 Å². The first kappa shape index (κ1) is 11.8. The number of carboxylic acid groups (broad SMARTS) is 1. The van der Waals surface area contributed by atoms with E-state index >= 15 is 0 Å². The zero-order valence-corrected chi connectivity index (χ0v) is 10.8. The molecule has 1 rings (SSSR count). The second-order valence-corrected chi connectivity index (χ2v) is 4.87. The number of aliphatic carboxylic acids is 1. The molecule has 0 saturated carbocycles. The van der Waals surface area contributed by atoms with Crippen molar-refractivity contribution in [2.75, 3.05) is 6.26 Å². The minimum atomic E-state index is -0.742. The standard InChI is InChI=1S/C10H11IO2S/c1-14-9-4-2-7(6-8(9)11)3-5-10(12)13/h2,4,6H,3,5H2,1H3,(H,12,13). The molecule has 0 saturated heterocycles. The van der Waals surface area contributed by atoms with E-state index < -0.39 is 5.97 Å². The number of hydrogen-bond donors (Lipinski definition) is 1. The fourth-order valence-electron chi connectivity index (χ4n) is 1.12. The fraction of sp³-hybridized carbons (Fsp3) is 0.300. The molecule has 0 atom stereocenters. The summed E-state index contributed by atoms with van der Waals surface area (Å²) >= 11 is 3.98. The lowest BCUT2D eigenvalue weighted by molar-refractivity contribution is -0.136. The summed E-state index contributed by atoms with van der Waals surface area (Å²) in [6.45, 7) is 0. The molecular weight excluding hydrogens is 311 g/mol. The van der Waals surface area contributed by atoms with E-state index in [2.05, 4.69) is 28.7 Å². The van der Waals surface area contributed by atoms with Crippen LogP contribution in [0.25, 0.3) is 0 Å². The summed E-state index contributed by atoms with van der Waals surface area (Å²) in [5, 5.41) is 8.54. The van der Waals surface area contributed by atoms with Crippen LogP contribution >= 0.6 is 34.4 Å². The van der Waals surface area contributed by atoms with Gasteiger partial charge in [-0.25, -0.2) is 0 Å². The molecule has 0 spiro atoms. The highest BCUT2D eigenvalue weighted by Crippen LogP contribution is 2.23. The van der Waals surface area contributed by atoms with Gasteiger partial charge in [0.05, 0.1) is 0 Å². The first-order valence-electron chi connectivity index (χ1n) is 4.17. The minimum Gasteiger partial charge on any atom is -0.481 e. The molecule has 76 valence electrons. The van der Waals surface area contributed by atoms with Crippen LogP contribution in [-0.2, 0) is 11.2 Å². The molecule has 0 bridgehead atoms. The Labute approximate surface area is 101 Å². The average Bonchev–Trinajstić information content (AvgIpc) is 2.15. The highest BCUT2D eigenvalue weighted by atomic mass is 127. The summed E-state index contributed by atoms with van der Waals surface area (Å²) in [6, 6.07) is 6.09. The van der Waals surface area contributed by atoms with Crippen LogP contribution in [0, 0.1) is 3.57 Å². The summed E-state index contributed by atoms with van der Waals surface area (Å²) in [7, 11) is 0. The predicted octanol–water partition coefficient (Wildman–Crippen LogP) is 3.03. The van der Waals surface area contributed by atoms with E-state index in [1.807, 2.05) is 18.4 Å². The zero-order valence-electron chi connectivity index (χ0n) is 7.79. The van der Waals surface area contributed by atoms with Crippen LogP contribution in [0.5, 0.6) is 0 Å². The molecule has 0 aliphatic carbocycles. The van der Waals surface area contributed by atoms with Crippen LogP contribution in [0.15, 0.2) is 23.1 Å². The Morgan fingerprint density at radius 2 is 2.29 bits per heavy atom. The number of carbonyl (C=O) groups is 1. The summed E-state index contributed by atoms with van der Waals surface area (Å²) in [4.78, 5) is 11.6. The van der Waals surface area contributed by atoms with Crippen molar-refractivity contribution in [2.45, 2.75) is 17.7 Å². The van der Waals surface area contributed by atoms with Crippen LogP contribution in [-0.4, -0.2) is 17.3 Å². The van der Waals surface area contributed by atoms with E-state index in [9.17, 15) is 4.79 Å². The molecular formula is C10H11IO2S. The number of benzene rings is 1. The van der Waals surface area contributed by atoms with Crippen molar-refractivity contribution >= 4 is 40.3 Å². The van der Waals surface area contributed by atoms with E-state index in [-0.39, 0.29) is 6.42 Å². The number of rotatable bonds is 4. The molecule has 0 amide bonds. The van der Waals surface area contributed by atoms with Crippen LogP contribution in [0.2, 0.25) is 0 Å². The third-order valence-electron chi connectivity index (χ3n) is 1.84. The maximum Gasteiger partial charge on any atom is 0.303 e. The molecule has 0 aliphatic rings. The Morgan fingerprint density at radius 3 is 2.79 bits per heavy atom. The van der Waals surface area contributed by atoms with Crippen molar-refractivity contribution in [3.05, 3.63) is 27.3 Å². The fourth-order valence-corrected chi connectivity index (χ4v) is 2.82. The second kappa shape index (κ2) is 5.60. The maximum atomic E-state index is 10.4. The molecule has 0 heterocycles. The van der Waals surface area contributed by atoms with E-state index in [0.29, 0.717) is 6.42 Å². The number of thioether (sulfide) groups is 1. The largest absolute Gasteiger partial charge is 0.481 e. The number of aryl methyl sites for hydroxylation is 1. The van der Waals surface area contributed by atoms with Gasteiger partial charge in [0.15, 0.2) is 0 Å².